The van der Waals surface area contributed by atoms with E-state index in [2.05, 4.69) is 0 Å². The van der Waals surface area contributed by atoms with Gasteiger partial charge in [-0.1, -0.05) is 23.9 Å². The number of carbonyl (C=O) groups excluding carboxylic acids is 2. The average molecular weight is 227 g/mol. The molecule has 0 radical (unpaired) electrons. The summed E-state index contributed by atoms with van der Waals surface area (Å²) >= 11 is 6.64. The molecule has 0 fully saturated rings. The van der Waals surface area contributed by atoms with Gasteiger partial charge in [-0.3, -0.25) is 9.59 Å². The van der Waals surface area contributed by atoms with Gasteiger partial charge in [0.15, 0.2) is 10.9 Å². The van der Waals surface area contributed by atoms with Crippen LogP contribution in [-0.2, 0) is 11.2 Å². The zero-order chi connectivity index (χ0) is 10.1. The van der Waals surface area contributed by atoms with E-state index < -0.39 is 0 Å². The van der Waals surface area contributed by atoms with Crippen LogP contribution in [0.1, 0.15) is 15.9 Å². The summed E-state index contributed by atoms with van der Waals surface area (Å²) in [6, 6.07) is 5.30. The predicted molar refractivity (Wildman–Crippen MR) is 56.1 cm³/mol. The molecule has 0 aliphatic carbocycles. The molecule has 0 saturated heterocycles. The summed E-state index contributed by atoms with van der Waals surface area (Å²) < 4.78 is 0. The quantitative estimate of drug-likeness (QED) is 0.573. The second-order valence-electron chi connectivity index (χ2n) is 3.03. The molecular formula is C10H7ClO2S. The summed E-state index contributed by atoms with van der Waals surface area (Å²) in [7, 11) is 0. The Bertz CT molecular complexity index is 415. The number of benzene rings is 1. The first-order valence-electron chi connectivity index (χ1n) is 4.13. The fraction of sp³-hybridized carbons (Fsp3) is 0.200. The van der Waals surface area contributed by atoms with Gasteiger partial charge < -0.3 is 0 Å². The van der Waals surface area contributed by atoms with Crippen molar-refractivity contribution in [2.45, 2.75) is 11.3 Å². The van der Waals surface area contributed by atoms with Crippen LogP contribution in [0.4, 0.5) is 0 Å². The highest BCUT2D eigenvalue weighted by atomic mass is 35.5. The summed E-state index contributed by atoms with van der Waals surface area (Å²) in [5.74, 6) is -0.119. The van der Waals surface area contributed by atoms with E-state index in [1.807, 2.05) is 6.07 Å². The van der Waals surface area contributed by atoms with E-state index in [9.17, 15) is 9.59 Å². The molecule has 4 heteroatoms. The van der Waals surface area contributed by atoms with Crippen molar-refractivity contribution in [3.05, 3.63) is 29.3 Å². The summed E-state index contributed by atoms with van der Waals surface area (Å²) in [5.41, 5.74) is 1.59. The molecule has 0 amide bonds. The number of ketones is 1. The van der Waals surface area contributed by atoms with Gasteiger partial charge in [-0.25, -0.2) is 0 Å². The molecule has 0 unspecified atom stereocenters. The molecule has 1 aromatic carbocycles. The van der Waals surface area contributed by atoms with E-state index in [1.165, 1.54) is 11.8 Å². The maximum Gasteiger partial charge on any atom is 0.198 e. The van der Waals surface area contributed by atoms with Crippen LogP contribution in [-0.4, -0.2) is 16.8 Å². The van der Waals surface area contributed by atoms with Gasteiger partial charge in [-0.05, 0) is 11.6 Å². The number of thioether (sulfide) groups is 1. The van der Waals surface area contributed by atoms with Gasteiger partial charge in [0.1, 0.15) is 0 Å². The molecule has 1 heterocycles. The highest BCUT2D eigenvalue weighted by Gasteiger charge is 2.20. The van der Waals surface area contributed by atoms with Gasteiger partial charge in [0.2, 0.25) is 0 Å². The fourth-order valence-corrected chi connectivity index (χ4v) is 2.44. The van der Waals surface area contributed by atoms with Crippen LogP contribution in [0.25, 0.3) is 0 Å². The van der Waals surface area contributed by atoms with Crippen LogP contribution in [0, 0.1) is 0 Å². The van der Waals surface area contributed by atoms with Gasteiger partial charge in [-0.15, -0.1) is 11.6 Å². The van der Waals surface area contributed by atoms with Gasteiger partial charge in [-0.2, -0.15) is 0 Å². The number of Topliss-reactive ketones (excluding diaryl/α,β-unsaturated/α-hetero) is 1. The van der Waals surface area contributed by atoms with Crippen molar-refractivity contribution in [1.29, 1.82) is 0 Å². The van der Waals surface area contributed by atoms with Crippen molar-refractivity contribution in [2.75, 3.05) is 5.88 Å². The topological polar surface area (TPSA) is 34.1 Å². The Morgan fingerprint density at radius 1 is 1.50 bits per heavy atom. The minimum Gasteiger partial charge on any atom is -0.293 e. The van der Waals surface area contributed by atoms with Crippen molar-refractivity contribution in [1.82, 2.24) is 0 Å². The lowest BCUT2D eigenvalue weighted by atomic mass is 10.1. The van der Waals surface area contributed by atoms with E-state index in [0.717, 1.165) is 10.5 Å². The molecule has 0 saturated carbocycles. The molecule has 0 bridgehead atoms. The van der Waals surface area contributed by atoms with Crippen LogP contribution >= 0.6 is 23.4 Å². The molecule has 14 heavy (non-hydrogen) atoms. The number of carbonyl (C=O) groups is 2. The standard InChI is InChI=1S/C10H7ClO2S/c11-5-8(12)6-1-2-7-4-10(13)14-9(7)3-6/h1-3H,4-5H2. The third kappa shape index (κ3) is 1.70. The largest absolute Gasteiger partial charge is 0.293 e. The molecule has 0 aromatic heterocycles. The van der Waals surface area contributed by atoms with Crippen LogP contribution < -0.4 is 0 Å². The molecule has 72 valence electrons. The molecule has 0 spiro atoms. The van der Waals surface area contributed by atoms with E-state index in [4.69, 9.17) is 11.6 Å². The average Bonchev–Trinajstić information content (AvgIpc) is 2.55. The second kappa shape index (κ2) is 3.75. The van der Waals surface area contributed by atoms with Gasteiger partial charge in [0, 0.05) is 16.9 Å². The van der Waals surface area contributed by atoms with Gasteiger partial charge in [0.25, 0.3) is 0 Å². The maximum atomic E-state index is 11.3. The zero-order valence-electron chi connectivity index (χ0n) is 7.25. The SMILES string of the molecule is O=C1Cc2ccc(C(=O)CCl)cc2S1. The molecule has 2 nitrogen and oxygen atoms in total. The summed E-state index contributed by atoms with van der Waals surface area (Å²) in [4.78, 5) is 23.3. The highest BCUT2D eigenvalue weighted by Crippen LogP contribution is 2.33. The predicted octanol–water partition coefficient (Wildman–Crippen LogP) is 2.28. The lowest BCUT2D eigenvalue weighted by Crippen LogP contribution is -2.00. The molecular weight excluding hydrogens is 220 g/mol. The molecule has 1 aliphatic rings. The minimum absolute atomic E-state index is 0.0165. The van der Waals surface area contributed by atoms with Crippen molar-refractivity contribution in [3.63, 3.8) is 0 Å². The zero-order valence-corrected chi connectivity index (χ0v) is 8.82. The fourth-order valence-electron chi connectivity index (χ4n) is 1.36. The smallest absolute Gasteiger partial charge is 0.198 e. The van der Waals surface area contributed by atoms with Crippen LogP contribution in [0.2, 0.25) is 0 Å². The number of hydrogen-bond donors (Lipinski definition) is 0. The maximum absolute atomic E-state index is 11.3. The Labute approximate surface area is 90.6 Å². The number of fused-ring (bicyclic) bond motifs is 1. The van der Waals surface area contributed by atoms with E-state index >= 15 is 0 Å². The lowest BCUT2D eigenvalue weighted by molar-refractivity contribution is -0.110. The minimum atomic E-state index is -0.102. The van der Waals surface area contributed by atoms with Crippen LogP contribution in [0.5, 0.6) is 0 Å². The molecule has 1 aromatic rings. The van der Waals surface area contributed by atoms with Crippen molar-refractivity contribution in [2.24, 2.45) is 0 Å². The molecule has 1 aliphatic heterocycles. The van der Waals surface area contributed by atoms with E-state index in [1.54, 1.807) is 12.1 Å². The van der Waals surface area contributed by atoms with Crippen molar-refractivity contribution in [3.8, 4) is 0 Å². The number of halogens is 1. The second-order valence-corrected chi connectivity index (χ2v) is 4.40. The van der Waals surface area contributed by atoms with E-state index in [0.29, 0.717) is 12.0 Å². The Morgan fingerprint density at radius 2 is 2.29 bits per heavy atom. The van der Waals surface area contributed by atoms with Gasteiger partial charge in [0.05, 0.1) is 5.88 Å². The first-order valence-corrected chi connectivity index (χ1v) is 5.48. The lowest BCUT2D eigenvalue weighted by Gasteiger charge is -2.00. The number of hydrogen-bond acceptors (Lipinski definition) is 3. The molecule has 2 rings (SSSR count). The number of rotatable bonds is 2. The molecule has 0 atom stereocenters. The Morgan fingerprint density at radius 3 is 3.00 bits per heavy atom. The van der Waals surface area contributed by atoms with Crippen molar-refractivity contribution < 1.29 is 9.59 Å². The molecule has 0 N–H and O–H groups in total. The third-order valence-corrected chi connectivity index (χ3v) is 3.28. The Hall–Kier alpha value is -0.800. The first kappa shape index (κ1) is 9.74. The van der Waals surface area contributed by atoms with Gasteiger partial charge >= 0.3 is 0 Å². The monoisotopic (exact) mass is 226 g/mol. The van der Waals surface area contributed by atoms with Crippen LogP contribution in [0.3, 0.4) is 0 Å². The number of alkyl halides is 1. The summed E-state index contributed by atoms with van der Waals surface area (Å²) in [6.07, 6.45) is 0.468. The summed E-state index contributed by atoms with van der Waals surface area (Å²) in [6.45, 7) is 0. The summed E-state index contributed by atoms with van der Waals surface area (Å²) in [5, 5.41) is 0.135. The first-order chi connectivity index (χ1) is 6.70. The Balaban J connectivity index is 2.37. The third-order valence-electron chi connectivity index (χ3n) is 2.07. The Kier molecular flexibility index (Phi) is 2.61. The van der Waals surface area contributed by atoms with E-state index in [-0.39, 0.29) is 16.8 Å². The van der Waals surface area contributed by atoms with Crippen LogP contribution in [0.15, 0.2) is 23.1 Å². The normalized spacial score (nSPS) is 14.2. The highest BCUT2D eigenvalue weighted by molar-refractivity contribution is 8.14. The van der Waals surface area contributed by atoms with Crippen molar-refractivity contribution >= 4 is 34.3 Å².